The molecule has 0 aromatic rings. The van der Waals surface area contributed by atoms with Crippen LogP contribution in [-0.2, 0) is 4.74 Å². The zero-order valence-electron chi connectivity index (χ0n) is 7.44. The number of aliphatic hydroxyl groups excluding tert-OH is 1. The second-order valence-corrected chi connectivity index (χ2v) is 2.53. The highest BCUT2D eigenvalue weighted by Crippen LogP contribution is 2.11. The Bertz CT molecular complexity index is 111. The normalized spacial score (nSPS) is 18.8. The zero-order chi connectivity index (χ0) is 9.23. The molecule has 1 saturated heterocycles. The van der Waals surface area contributed by atoms with Gasteiger partial charge in [0.2, 0.25) is 0 Å². The molecular weight excluding hydrogens is 158 g/mol. The Morgan fingerprint density at radius 1 is 1.50 bits per heavy atom. The van der Waals surface area contributed by atoms with Crippen molar-refractivity contribution < 1.29 is 15.1 Å². The van der Waals surface area contributed by atoms with Crippen LogP contribution in [0.2, 0.25) is 0 Å². The van der Waals surface area contributed by atoms with Gasteiger partial charge in [0, 0.05) is 32.0 Å². The molecule has 0 bridgehead atoms. The molecule has 0 aliphatic carbocycles. The minimum atomic E-state index is 0.250. The molecule has 1 fully saturated rings. The van der Waals surface area contributed by atoms with Gasteiger partial charge in [0.15, 0.2) is 0 Å². The Morgan fingerprint density at radius 2 is 2.00 bits per heavy atom. The van der Waals surface area contributed by atoms with Gasteiger partial charge in [-0.15, -0.1) is 5.16 Å². The third kappa shape index (κ3) is 6.12. The van der Waals surface area contributed by atoms with E-state index in [1.807, 2.05) is 0 Å². The smallest absolute Gasteiger partial charge is 0.0472 e. The SMILES string of the molecule is CCO.ON=CC1CCOCC1. The summed E-state index contributed by atoms with van der Waals surface area (Å²) in [5, 5.41) is 18.7. The number of oxime groups is 1. The lowest BCUT2D eigenvalue weighted by molar-refractivity contribution is 0.0832. The van der Waals surface area contributed by atoms with E-state index in [-0.39, 0.29) is 6.61 Å². The topological polar surface area (TPSA) is 62.0 Å². The fourth-order valence-electron chi connectivity index (χ4n) is 0.959. The minimum Gasteiger partial charge on any atom is -0.411 e. The average Bonchev–Trinajstić information content (AvgIpc) is 2.08. The molecule has 0 radical (unpaired) electrons. The number of hydrogen-bond acceptors (Lipinski definition) is 4. The average molecular weight is 175 g/mol. The molecule has 0 spiro atoms. The molecule has 72 valence electrons. The van der Waals surface area contributed by atoms with Gasteiger partial charge < -0.3 is 15.1 Å². The summed E-state index contributed by atoms with van der Waals surface area (Å²) in [6.45, 7) is 3.54. The van der Waals surface area contributed by atoms with Crippen molar-refractivity contribution in [3.05, 3.63) is 0 Å². The summed E-state index contributed by atoms with van der Waals surface area (Å²) in [7, 11) is 0. The van der Waals surface area contributed by atoms with Crippen molar-refractivity contribution in [2.45, 2.75) is 19.8 Å². The van der Waals surface area contributed by atoms with Gasteiger partial charge in [-0.3, -0.25) is 0 Å². The predicted octanol–water partition coefficient (Wildman–Crippen LogP) is 0.872. The highest BCUT2D eigenvalue weighted by molar-refractivity contribution is 5.59. The summed E-state index contributed by atoms with van der Waals surface area (Å²) >= 11 is 0. The van der Waals surface area contributed by atoms with Gasteiger partial charge in [0.1, 0.15) is 0 Å². The lowest BCUT2D eigenvalue weighted by Crippen LogP contribution is -2.16. The fraction of sp³-hybridized carbons (Fsp3) is 0.875. The third-order valence-electron chi connectivity index (χ3n) is 1.54. The number of rotatable bonds is 1. The van der Waals surface area contributed by atoms with E-state index in [0.717, 1.165) is 26.1 Å². The first-order valence-electron chi connectivity index (χ1n) is 4.21. The quantitative estimate of drug-likeness (QED) is 0.353. The Morgan fingerprint density at radius 3 is 2.42 bits per heavy atom. The molecule has 4 nitrogen and oxygen atoms in total. The highest BCUT2D eigenvalue weighted by atomic mass is 16.5. The summed E-state index contributed by atoms with van der Waals surface area (Å²) in [5.74, 6) is 0.434. The highest BCUT2D eigenvalue weighted by Gasteiger charge is 2.10. The van der Waals surface area contributed by atoms with E-state index < -0.39 is 0 Å². The van der Waals surface area contributed by atoms with Gasteiger partial charge in [-0.1, -0.05) is 0 Å². The second kappa shape index (κ2) is 8.49. The van der Waals surface area contributed by atoms with Crippen LogP contribution in [0.3, 0.4) is 0 Å². The van der Waals surface area contributed by atoms with Gasteiger partial charge in [0.25, 0.3) is 0 Å². The van der Waals surface area contributed by atoms with Gasteiger partial charge >= 0.3 is 0 Å². The van der Waals surface area contributed by atoms with Crippen LogP contribution in [-0.4, -0.2) is 36.3 Å². The van der Waals surface area contributed by atoms with Crippen LogP contribution in [0.5, 0.6) is 0 Å². The van der Waals surface area contributed by atoms with E-state index >= 15 is 0 Å². The Hall–Kier alpha value is -0.610. The van der Waals surface area contributed by atoms with E-state index in [2.05, 4.69) is 5.16 Å². The molecule has 0 aromatic heterocycles. The van der Waals surface area contributed by atoms with Gasteiger partial charge in [-0.2, -0.15) is 0 Å². The van der Waals surface area contributed by atoms with Crippen LogP contribution in [0.1, 0.15) is 19.8 Å². The molecule has 4 heteroatoms. The van der Waals surface area contributed by atoms with E-state index in [9.17, 15) is 0 Å². The second-order valence-electron chi connectivity index (χ2n) is 2.53. The van der Waals surface area contributed by atoms with Crippen molar-refractivity contribution in [1.29, 1.82) is 0 Å². The molecule has 0 saturated carbocycles. The van der Waals surface area contributed by atoms with E-state index in [1.54, 1.807) is 13.1 Å². The molecule has 1 aliphatic rings. The standard InChI is InChI=1S/C6H11NO2.C2H6O/c8-7-5-6-1-3-9-4-2-6;1-2-3/h5-6,8H,1-4H2;3H,2H2,1H3. The molecule has 0 unspecified atom stereocenters. The Labute approximate surface area is 72.8 Å². The van der Waals surface area contributed by atoms with E-state index in [0.29, 0.717) is 5.92 Å². The van der Waals surface area contributed by atoms with Gasteiger partial charge in [-0.05, 0) is 19.8 Å². The van der Waals surface area contributed by atoms with E-state index in [1.165, 1.54) is 0 Å². The monoisotopic (exact) mass is 175 g/mol. The van der Waals surface area contributed by atoms with Crippen molar-refractivity contribution in [3.8, 4) is 0 Å². The molecule has 0 atom stereocenters. The summed E-state index contributed by atoms with van der Waals surface area (Å²) in [5.41, 5.74) is 0. The van der Waals surface area contributed by atoms with Crippen molar-refractivity contribution in [2.24, 2.45) is 11.1 Å². The minimum absolute atomic E-state index is 0.250. The van der Waals surface area contributed by atoms with Crippen LogP contribution in [0, 0.1) is 5.92 Å². The number of ether oxygens (including phenoxy) is 1. The maximum absolute atomic E-state index is 8.15. The zero-order valence-corrected chi connectivity index (χ0v) is 7.44. The lowest BCUT2D eigenvalue weighted by Gasteiger charge is -2.16. The largest absolute Gasteiger partial charge is 0.411 e. The molecule has 2 N–H and O–H groups in total. The third-order valence-corrected chi connectivity index (χ3v) is 1.54. The first-order chi connectivity index (χ1) is 5.85. The number of hydrogen-bond donors (Lipinski definition) is 2. The van der Waals surface area contributed by atoms with Crippen LogP contribution in [0.4, 0.5) is 0 Å². The number of nitrogens with zero attached hydrogens (tertiary/aromatic N) is 1. The summed E-state index contributed by atoms with van der Waals surface area (Å²) in [4.78, 5) is 0. The summed E-state index contributed by atoms with van der Waals surface area (Å²) in [6.07, 6.45) is 3.57. The van der Waals surface area contributed by atoms with Crippen LogP contribution < -0.4 is 0 Å². The Kier molecular flexibility index (Phi) is 8.05. The molecular formula is C8H17NO3. The molecule has 1 rings (SSSR count). The van der Waals surface area contributed by atoms with Crippen LogP contribution in [0.25, 0.3) is 0 Å². The van der Waals surface area contributed by atoms with E-state index in [4.69, 9.17) is 15.1 Å². The molecule has 12 heavy (non-hydrogen) atoms. The maximum atomic E-state index is 8.15. The predicted molar refractivity (Wildman–Crippen MR) is 46.6 cm³/mol. The molecule has 0 aromatic carbocycles. The number of aliphatic hydroxyl groups is 1. The van der Waals surface area contributed by atoms with Crippen molar-refractivity contribution in [1.82, 2.24) is 0 Å². The molecule has 0 amide bonds. The lowest BCUT2D eigenvalue weighted by atomic mass is 10.0. The van der Waals surface area contributed by atoms with Gasteiger partial charge in [-0.25, -0.2) is 0 Å². The van der Waals surface area contributed by atoms with Crippen LogP contribution >= 0.6 is 0 Å². The molecule has 1 aliphatic heterocycles. The first-order valence-corrected chi connectivity index (χ1v) is 4.21. The molecule has 1 heterocycles. The van der Waals surface area contributed by atoms with Gasteiger partial charge in [0.05, 0.1) is 0 Å². The van der Waals surface area contributed by atoms with Crippen LogP contribution in [0.15, 0.2) is 5.16 Å². The van der Waals surface area contributed by atoms with Crippen molar-refractivity contribution in [3.63, 3.8) is 0 Å². The first kappa shape index (κ1) is 11.4. The summed E-state index contributed by atoms with van der Waals surface area (Å²) in [6, 6.07) is 0. The van der Waals surface area contributed by atoms with Crippen molar-refractivity contribution >= 4 is 6.21 Å². The summed E-state index contributed by atoms with van der Waals surface area (Å²) < 4.78 is 5.10. The Balaban J connectivity index is 0.000000354. The fourth-order valence-corrected chi connectivity index (χ4v) is 0.959. The van der Waals surface area contributed by atoms with Crippen molar-refractivity contribution in [2.75, 3.05) is 19.8 Å². The maximum Gasteiger partial charge on any atom is 0.0472 e.